The Morgan fingerprint density at radius 3 is 1.17 bits per heavy atom. The van der Waals surface area contributed by atoms with E-state index in [-0.39, 0.29) is 29.6 Å². The molecule has 5 heterocycles. The van der Waals surface area contributed by atoms with Crippen molar-refractivity contribution in [3.8, 4) is 56.9 Å². The van der Waals surface area contributed by atoms with Crippen molar-refractivity contribution in [2.24, 2.45) is 0 Å². The van der Waals surface area contributed by atoms with E-state index in [1.165, 1.54) is 54.9 Å². The SMILES string of the molecule is CS(=O)/C=C\n1cnc(-c2cccc(Cl)c2)n1.CS/C=C\n1cnc(-c2cccc(Cl)c2)n1.C[S-].Cl/C=C\Cl.Cl/C=C\n1cnc(-c2cccc(Cl)c2)n1.Clc1cccc(-c2ncn[nH]2)c1.OO.[CH2+]S(=O)(=O)/C=C\n1cnc(-c2cccc(Cl)c2)n1.[Na+]. The third-order valence-corrected chi connectivity index (χ3v) is 12.4. The molecule has 0 bridgehead atoms. The summed E-state index contributed by atoms with van der Waals surface area (Å²) in [6.07, 6.45) is 22.1. The van der Waals surface area contributed by atoms with Crippen LogP contribution in [-0.4, -0.2) is 116 Å². The average Bonchev–Trinajstić information content (AvgIpc) is 4.58. The molecule has 5 aromatic carbocycles. The van der Waals surface area contributed by atoms with Crippen LogP contribution in [0.4, 0.5) is 0 Å². The normalized spacial score (nSPS) is 11.0. The Bertz CT molecular complexity index is 3880. The van der Waals surface area contributed by atoms with Crippen LogP contribution >= 0.6 is 105 Å². The monoisotopic (exact) mass is 1420 g/mol. The quantitative estimate of drug-likeness (QED) is 0.0338. The molecule has 0 radical (unpaired) electrons. The van der Waals surface area contributed by atoms with E-state index in [9.17, 15) is 12.6 Å². The standard InChI is InChI=1S/C11H9ClN3O2S.C11H10ClN3OS.C11H10ClN3S.C10H7Cl2N3.C8H6ClN3.C2H2Cl2.CH4S.Na.H2O2/c1-18(16,17)6-5-15-8-13-11(14-15)9-3-2-4-10(12)7-9;1-17(16)6-5-15-8-13-11(14-15)9-3-2-4-10(12)7-9;1-16-6-5-15-8-13-11(14-15)9-3-2-4-10(12)7-9;11-4-5-15-7-13-10(14-15)8-2-1-3-9(12)6-8;9-7-3-1-2-6(4-7)8-10-5-11-12-8;3-1-2-4;1-2;;1-2/h2-8H,1H2;2-8H,1H3;2-8H,1H3;1-7H;1-5H,(H,10,11,12);1-2H;2H,1H3;;1-2H/q+1;;;;;;;+1;/p-1/b3*6-5-;5-4-;;2-1-;;;. The van der Waals surface area contributed by atoms with Crippen LogP contribution in [0.15, 0.2) is 186 Å². The molecule has 20 nitrogen and oxygen atoms in total. The maximum atomic E-state index is 10.9. The average molecular weight is 1420 g/mol. The van der Waals surface area contributed by atoms with Gasteiger partial charge in [-0.2, -0.15) is 19.8 Å². The zero-order valence-electron chi connectivity index (χ0n) is 46.0. The molecule has 0 saturated heterocycles. The first-order valence-electron chi connectivity index (χ1n) is 23.4. The van der Waals surface area contributed by atoms with Crippen molar-refractivity contribution in [1.82, 2.24) is 74.2 Å². The van der Waals surface area contributed by atoms with Crippen LogP contribution in [0.1, 0.15) is 0 Å². The molecule has 10 aromatic rings. The molecular formula is C54H49Cl8N15NaO5S4+. The molecule has 0 amide bonds. The van der Waals surface area contributed by atoms with Crippen LogP contribution in [0.3, 0.4) is 0 Å². The summed E-state index contributed by atoms with van der Waals surface area (Å²) in [6, 6.07) is 36.7. The van der Waals surface area contributed by atoms with E-state index in [2.05, 4.69) is 74.4 Å². The number of halogens is 8. The summed E-state index contributed by atoms with van der Waals surface area (Å²) < 4.78 is 38.6. The molecule has 5 aromatic heterocycles. The van der Waals surface area contributed by atoms with Gasteiger partial charge in [0.15, 0.2) is 35.4 Å². The predicted octanol–water partition coefficient (Wildman–Crippen LogP) is 12.5. The molecule has 33 heteroatoms. The second-order valence-corrected chi connectivity index (χ2v) is 21.9. The van der Waals surface area contributed by atoms with Crippen LogP contribution in [-0.2, 0) is 33.3 Å². The minimum absolute atomic E-state index is 0. The summed E-state index contributed by atoms with van der Waals surface area (Å²) in [5, 5.41) is 43.0. The number of thioether (sulfide) groups is 1. The first kappa shape index (κ1) is 77.5. The maximum absolute atomic E-state index is 10.9. The van der Waals surface area contributed by atoms with Gasteiger partial charge in [-0.15, -0.1) is 32.2 Å². The number of H-pyrrole nitrogens is 1. The summed E-state index contributed by atoms with van der Waals surface area (Å²) in [7, 11) is -4.42. The molecular weight excluding hydrogens is 1370 g/mol. The van der Waals surface area contributed by atoms with Gasteiger partial charge in [0.2, 0.25) is 0 Å². The van der Waals surface area contributed by atoms with Crippen molar-refractivity contribution in [2.45, 2.75) is 0 Å². The van der Waals surface area contributed by atoms with E-state index in [1.807, 2.05) is 103 Å². The summed E-state index contributed by atoms with van der Waals surface area (Å²) in [6.45, 7) is 0. The largest absolute Gasteiger partial charge is 1.00 e. The van der Waals surface area contributed by atoms with Crippen LogP contribution in [0.2, 0.25) is 25.1 Å². The van der Waals surface area contributed by atoms with Gasteiger partial charge in [0.1, 0.15) is 31.6 Å². The van der Waals surface area contributed by atoms with Gasteiger partial charge in [0.05, 0.1) is 5.41 Å². The van der Waals surface area contributed by atoms with Gasteiger partial charge in [0, 0.05) is 117 Å². The Morgan fingerprint density at radius 1 is 0.540 bits per heavy atom. The Morgan fingerprint density at radius 2 is 0.874 bits per heavy atom. The molecule has 1 atom stereocenters. The smallest absolute Gasteiger partial charge is 0.796 e. The van der Waals surface area contributed by atoms with Gasteiger partial charge in [-0.25, -0.2) is 43.6 Å². The van der Waals surface area contributed by atoms with Crippen molar-refractivity contribution in [1.29, 1.82) is 0 Å². The molecule has 1 unspecified atom stereocenters. The number of nitrogens with one attached hydrogen (secondary N) is 1. The van der Waals surface area contributed by atoms with Gasteiger partial charge in [0.25, 0.3) is 0 Å². The van der Waals surface area contributed by atoms with Crippen LogP contribution in [0.25, 0.3) is 81.7 Å². The zero-order chi connectivity index (χ0) is 63.3. The van der Waals surface area contributed by atoms with E-state index in [1.54, 1.807) is 96.7 Å². The number of benzene rings is 5. The van der Waals surface area contributed by atoms with E-state index in [4.69, 9.17) is 103 Å². The van der Waals surface area contributed by atoms with Gasteiger partial charge >= 0.3 is 39.4 Å². The van der Waals surface area contributed by atoms with E-state index < -0.39 is 20.6 Å². The molecule has 3 N–H and O–H groups in total. The Labute approximate surface area is 576 Å². The maximum Gasteiger partial charge on any atom is 1.00 e. The third-order valence-electron chi connectivity index (χ3n) is 9.31. The van der Waals surface area contributed by atoms with E-state index >= 15 is 0 Å². The van der Waals surface area contributed by atoms with Gasteiger partial charge in [-0.3, -0.25) is 19.8 Å². The Hall–Kier alpha value is -5.59. The van der Waals surface area contributed by atoms with Crippen molar-refractivity contribution in [2.75, 3.05) is 18.8 Å². The second-order valence-electron chi connectivity index (χ2n) is 15.4. The summed E-state index contributed by atoms with van der Waals surface area (Å²) in [5.74, 6) is 3.07. The van der Waals surface area contributed by atoms with Gasteiger partial charge < -0.3 is 12.6 Å². The number of hydrogen-bond acceptors (Lipinski definition) is 17. The Balaban J connectivity index is 0.000000360. The summed E-state index contributed by atoms with van der Waals surface area (Å²) in [4.78, 5) is 20.5. The predicted molar refractivity (Wildman–Crippen MR) is 357 cm³/mol. The second kappa shape index (κ2) is 44.0. The fourth-order valence-corrected chi connectivity index (χ4v) is 7.81. The minimum Gasteiger partial charge on any atom is -0.796 e. The van der Waals surface area contributed by atoms with Crippen LogP contribution in [0, 0.1) is 6.26 Å². The molecule has 0 aliphatic heterocycles. The molecule has 0 spiro atoms. The fourth-order valence-electron chi connectivity index (χ4n) is 5.89. The van der Waals surface area contributed by atoms with Crippen molar-refractivity contribution < 1.29 is 52.7 Å². The van der Waals surface area contributed by atoms with Crippen molar-refractivity contribution >= 4 is 163 Å². The minimum atomic E-state index is -3.42. The summed E-state index contributed by atoms with van der Waals surface area (Å²) in [5.41, 5.74) is 8.20. The van der Waals surface area contributed by atoms with E-state index in [0.29, 0.717) is 48.4 Å². The topological polar surface area (TPSA) is 256 Å². The fraction of sp³-hybridized carbons (Fsp3) is 0.0556. The molecule has 87 heavy (non-hydrogen) atoms. The zero-order valence-corrected chi connectivity index (χ0v) is 57.3. The first-order chi connectivity index (χ1) is 41.4. The van der Waals surface area contributed by atoms with Crippen molar-refractivity contribution in [3.63, 3.8) is 0 Å². The third kappa shape index (κ3) is 30.9. The van der Waals surface area contributed by atoms with E-state index in [0.717, 1.165) is 39.0 Å². The van der Waals surface area contributed by atoms with Gasteiger partial charge in [-0.1, -0.05) is 153 Å². The molecule has 450 valence electrons. The van der Waals surface area contributed by atoms with Crippen LogP contribution in [0.5, 0.6) is 0 Å². The summed E-state index contributed by atoms with van der Waals surface area (Å²) >= 11 is 50.2. The molecule has 0 saturated carbocycles. The number of aromatic amines is 1. The Kier molecular flexibility index (Phi) is 39.2. The molecule has 0 aliphatic rings. The number of aromatic nitrogens is 15. The molecule has 0 aliphatic carbocycles. The van der Waals surface area contributed by atoms with Crippen molar-refractivity contribution in [3.05, 3.63) is 217 Å². The van der Waals surface area contributed by atoms with Crippen LogP contribution < -0.4 is 29.6 Å². The number of rotatable bonds is 12. The molecule has 10 rings (SSSR count). The number of hydrogen-bond donors (Lipinski definition) is 3. The first-order valence-corrected chi connectivity index (χ1v) is 32.1. The number of sulfone groups is 1. The van der Waals surface area contributed by atoms with Gasteiger partial charge in [-0.05, 0) is 72.3 Å². The molecule has 0 fully saturated rings. The number of nitrogens with zero attached hydrogens (tertiary/aromatic N) is 14.